The summed E-state index contributed by atoms with van der Waals surface area (Å²) in [6.07, 6.45) is 13.8. The first kappa shape index (κ1) is 10.6. The molecule has 4 rings (SSSR count). The van der Waals surface area contributed by atoms with Gasteiger partial charge in [0.25, 0.3) is 0 Å². The van der Waals surface area contributed by atoms with E-state index < -0.39 is 0 Å². The first-order chi connectivity index (χ1) is 7.59. The minimum Gasteiger partial charge on any atom is -0.270 e. The summed E-state index contributed by atoms with van der Waals surface area (Å²) in [6.45, 7) is 2.46. The average molecular weight is 218 g/mol. The Morgan fingerprint density at radius 3 is 2.38 bits per heavy atom. The maximum Gasteiger partial charge on any atom is 0.0871 e. The van der Waals surface area contributed by atoms with Crippen molar-refractivity contribution in [2.24, 2.45) is 28.5 Å². The van der Waals surface area contributed by atoms with E-state index in [-0.39, 0.29) is 6.04 Å². The highest BCUT2D eigenvalue weighted by Crippen LogP contribution is 2.65. The lowest BCUT2D eigenvalue weighted by Crippen LogP contribution is -2.59. The monoisotopic (exact) mass is 218 g/mol. The van der Waals surface area contributed by atoms with Gasteiger partial charge in [-0.1, -0.05) is 12.8 Å². The third-order valence-corrected chi connectivity index (χ3v) is 5.34. The van der Waals surface area contributed by atoms with Crippen molar-refractivity contribution in [1.82, 2.24) is 5.43 Å². The molecule has 0 aliphatic heterocycles. The van der Waals surface area contributed by atoms with E-state index in [2.05, 4.69) is 18.3 Å². The first-order valence-corrected chi connectivity index (χ1v) is 6.51. The van der Waals surface area contributed by atoms with Crippen LogP contribution in [0.15, 0.2) is 0 Å². The largest absolute Gasteiger partial charge is 0.270 e. The molecule has 4 saturated carbocycles. The molecule has 4 bridgehead atoms. The van der Waals surface area contributed by atoms with Gasteiger partial charge in [-0.05, 0) is 61.2 Å². The van der Waals surface area contributed by atoms with Gasteiger partial charge in [-0.25, -0.2) is 5.43 Å². The van der Waals surface area contributed by atoms with Crippen LogP contribution in [-0.2, 0) is 0 Å². The second-order valence-electron chi connectivity index (χ2n) is 6.90. The normalized spacial score (nSPS) is 51.3. The van der Waals surface area contributed by atoms with E-state index in [0.717, 1.165) is 11.8 Å². The molecule has 4 aliphatic rings. The van der Waals surface area contributed by atoms with Crippen molar-refractivity contribution in [3.8, 4) is 12.3 Å². The molecule has 0 aromatic heterocycles. The van der Waals surface area contributed by atoms with Gasteiger partial charge in [0.05, 0.1) is 6.04 Å². The van der Waals surface area contributed by atoms with Gasteiger partial charge in [-0.3, -0.25) is 5.84 Å². The Bertz CT molecular complexity index is 327. The lowest BCUT2D eigenvalue weighted by Gasteiger charge is -2.62. The van der Waals surface area contributed by atoms with Crippen LogP contribution in [0.4, 0.5) is 0 Å². The maximum atomic E-state index is 5.66. The number of nitrogens with one attached hydrogen (secondary N) is 1. The van der Waals surface area contributed by atoms with E-state index in [4.69, 9.17) is 12.3 Å². The molecule has 2 nitrogen and oxygen atoms in total. The summed E-state index contributed by atoms with van der Waals surface area (Å²) in [5.74, 6) is 10.4. The van der Waals surface area contributed by atoms with Gasteiger partial charge < -0.3 is 0 Å². The number of terminal acetylenes is 1. The van der Waals surface area contributed by atoms with Crippen molar-refractivity contribution >= 4 is 0 Å². The summed E-state index contributed by atoms with van der Waals surface area (Å²) < 4.78 is 0. The van der Waals surface area contributed by atoms with Crippen LogP contribution in [-0.4, -0.2) is 6.04 Å². The Morgan fingerprint density at radius 1 is 1.31 bits per heavy atom. The number of hydrogen-bond donors (Lipinski definition) is 2. The molecule has 88 valence electrons. The molecule has 3 atom stereocenters. The van der Waals surface area contributed by atoms with Crippen molar-refractivity contribution in [2.45, 2.75) is 51.5 Å². The van der Waals surface area contributed by atoms with Gasteiger partial charge >= 0.3 is 0 Å². The van der Waals surface area contributed by atoms with E-state index in [1.54, 1.807) is 0 Å². The summed E-state index contributed by atoms with van der Waals surface area (Å²) in [5, 5.41) is 0. The maximum absolute atomic E-state index is 5.66. The minimum atomic E-state index is 0.0812. The van der Waals surface area contributed by atoms with Crippen LogP contribution in [0.5, 0.6) is 0 Å². The molecular weight excluding hydrogens is 196 g/mol. The Kier molecular flexibility index (Phi) is 2.15. The SMILES string of the molecule is C#CC(NN)C12CC3CC(CC(C)(C3)C1)C2. The molecule has 0 saturated heterocycles. The Hall–Kier alpha value is -0.520. The molecule has 16 heavy (non-hydrogen) atoms. The fourth-order valence-electron chi connectivity index (χ4n) is 5.54. The molecule has 2 heteroatoms. The molecule has 0 heterocycles. The molecule has 0 spiro atoms. The molecule has 0 aromatic carbocycles. The van der Waals surface area contributed by atoms with Crippen molar-refractivity contribution in [2.75, 3.05) is 0 Å². The van der Waals surface area contributed by atoms with Crippen LogP contribution in [0.2, 0.25) is 0 Å². The highest BCUT2D eigenvalue weighted by atomic mass is 15.2. The van der Waals surface area contributed by atoms with Crippen molar-refractivity contribution < 1.29 is 0 Å². The lowest BCUT2D eigenvalue weighted by molar-refractivity contribution is -0.110. The average Bonchev–Trinajstić information content (AvgIpc) is 2.14. The Morgan fingerprint density at radius 2 is 1.94 bits per heavy atom. The fourth-order valence-corrected chi connectivity index (χ4v) is 5.54. The van der Waals surface area contributed by atoms with E-state index in [0.29, 0.717) is 10.8 Å². The summed E-state index contributed by atoms with van der Waals surface area (Å²) in [6, 6.07) is 0.0812. The summed E-state index contributed by atoms with van der Waals surface area (Å²) in [5.41, 5.74) is 3.75. The predicted octanol–water partition coefficient (Wildman–Crippen LogP) is 2.06. The van der Waals surface area contributed by atoms with E-state index >= 15 is 0 Å². The van der Waals surface area contributed by atoms with Gasteiger partial charge in [0, 0.05) is 0 Å². The smallest absolute Gasteiger partial charge is 0.0871 e. The minimum absolute atomic E-state index is 0.0812. The van der Waals surface area contributed by atoms with Crippen LogP contribution in [0.25, 0.3) is 0 Å². The zero-order chi connectivity index (χ0) is 11.4. The zero-order valence-corrected chi connectivity index (χ0v) is 10.1. The van der Waals surface area contributed by atoms with Gasteiger partial charge in [0.1, 0.15) is 0 Å². The third-order valence-electron chi connectivity index (χ3n) is 5.34. The Balaban J connectivity index is 1.95. The summed E-state index contributed by atoms with van der Waals surface area (Å²) >= 11 is 0. The standard InChI is InChI=1S/C14H22N2/c1-3-12(16-15)14-7-10-4-11(8-14)6-13(2,5-10)9-14/h1,10-12,16H,4-9,15H2,2H3. The van der Waals surface area contributed by atoms with Gasteiger partial charge in [-0.2, -0.15) is 0 Å². The van der Waals surface area contributed by atoms with E-state index in [1.165, 1.54) is 38.5 Å². The van der Waals surface area contributed by atoms with Gasteiger partial charge in [0.15, 0.2) is 0 Å². The topological polar surface area (TPSA) is 38.0 Å². The quantitative estimate of drug-likeness (QED) is 0.423. The molecule has 0 aromatic rings. The second kappa shape index (κ2) is 3.24. The lowest BCUT2D eigenvalue weighted by atomic mass is 9.43. The molecule has 4 aliphatic carbocycles. The second-order valence-corrected chi connectivity index (χ2v) is 6.90. The number of hydrazine groups is 1. The Labute approximate surface area is 98.3 Å². The number of rotatable bonds is 2. The van der Waals surface area contributed by atoms with Crippen molar-refractivity contribution in [3.63, 3.8) is 0 Å². The predicted molar refractivity (Wildman–Crippen MR) is 65.2 cm³/mol. The molecule has 4 fully saturated rings. The van der Waals surface area contributed by atoms with Crippen molar-refractivity contribution in [1.29, 1.82) is 0 Å². The highest BCUT2D eigenvalue weighted by molar-refractivity contribution is 5.16. The molecule has 0 radical (unpaired) electrons. The van der Waals surface area contributed by atoms with Crippen LogP contribution in [0.3, 0.4) is 0 Å². The van der Waals surface area contributed by atoms with Crippen LogP contribution < -0.4 is 11.3 Å². The number of hydrogen-bond acceptors (Lipinski definition) is 2. The van der Waals surface area contributed by atoms with E-state index in [1.807, 2.05) is 0 Å². The van der Waals surface area contributed by atoms with Crippen LogP contribution in [0.1, 0.15) is 45.4 Å². The van der Waals surface area contributed by atoms with Gasteiger partial charge in [0.2, 0.25) is 0 Å². The van der Waals surface area contributed by atoms with Crippen molar-refractivity contribution in [3.05, 3.63) is 0 Å². The summed E-state index contributed by atoms with van der Waals surface area (Å²) in [7, 11) is 0. The molecule has 3 unspecified atom stereocenters. The van der Waals surface area contributed by atoms with Crippen LogP contribution in [0, 0.1) is 35.0 Å². The molecule has 3 N–H and O–H groups in total. The fraction of sp³-hybridized carbons (Fsp3) is 0.857. The highest BCUT2D eigenvalue weighted by Gasteiger charge is 2.57. The molecular formula is C14H22N2. The third kappa shape index (κ3) is 1.35. The first-order valence-electron chi connectivity index (χ1n) is 6.51. The summed E-state index contributed by atoms with van der Waals surface area (Å²) in [4.78, 5) is 0. The zero-order valence-electron chi connectivity index (χ0n) is 10.1. The molecule has 0 amide bonds. The van der Waals surface area contributed by atoms with Gasteiger partial charge in [-0.15, -0.1) is 6.42 Å². The van der Waals surface area contributed by atoms with E-state index in [9.17, 15) is 0 Å². The van der Waals surface area contributed by atoms with Crippen LogP contribution >= 0.6 is 0 Å². The number of nitrogens with two attached hydrogens (primary N) is 1.